The minimum absolute atomic E-state index is 0.120. The van der Waals surface area contributed by atoms with Crippen molar-refractivity contribution >= 4 is 15.9 Å². The summed E-state index contributed by atoms with van der Waals surface area (Å²) in [5, 5.41) is 2.89. The van der Waals surface area contributed by atoms with Crippen molar-refractivity contribution in [2.75, 3.05) is 0 Å². The molecule has 2 heterocycles. The highest BCUT2D eigenvalue weighted by molar-refractivity contribution is 9.10. The Morgan fingerprint density at radius 3 is 2.62 bits per heavy atom. The van der Waals surface area contributed by atoms with E-state index in [2.05, 4.69) is 31.2 Å². The lowest BCUT2D eigenvalue weighted by molar-refractivity contribution is -0.141. The van der Waals surface area contributed by atoms with Gasteiger partial charge in [0.2, 0.25) is 0 Å². The van der Waals surface area contributed by atoms with Gasteiger partial charge in [-0.25, -0.2) is 9.97 Å². The summed E-state index contributed by atoms with van der Waals surface area (Å²) in [6.45, 7) is 2.31. The van der Waals surface area contributed by atoms with E-state index in [1.807, 2.05) is 13.0 Å². The van der Waals surface area contributed by atoms with Crippen molar-refractivity contribution in [1.82, 2.24) is 15.3 Å². The number of nitrogens with zero attached hydrogens (tertiary/aromatic N) is 2. The Balaban J connectivity index is 2.20. The molecule has 0 saturated carbocycles. The number of benzene rings is 1. The summed E-state index contributed by atoms with van der Waals surface area (Å²) < 4.78 is 40.4. The van der Waals surface area contributed by atoms with E-state index in [1.54, 1.807) is 12.1 Å². The fourth-order valence-corrected chi connectivity index (χ4v) is 2.88. The molecule has 2 aromatic rings. The Labute approximate surface area is 127 Å². The topological polar surface area (TPSA) is 37.8 Å². The lowest BCUT2D eigenvalue weighted by Gasteiger charge is -2.13. The number of aromatic nitrogens is 2. The SMILES string of the molecule is Cc1cc(Br)ccc1-c1nc2c(c(C(F)(F)F)n1)CNC2. The second-order valence-corrected chi connectivity index (χ2v) is 5.80. The molecule has 1 aliphatic rings. The van der Waals surface area contributed by atoms with Crippen molar-refractivity contribution in [2.24, 2.45) is 0 Å². The Morgan fingerprint density at radius 2 is 1.95 bits per heavy atom. The van der Waals surface area contributed by atoms with Crippen LogP contribution in [-0.4, -0.2) is 9.97 Å². The molecule has 1 N–H and O–H groups in total. The summed E-state index contributed by atoms with van der Waals surface area (Å²) in [6.07, 6.45) is -4.48. The van der Waals surface area contributed by atoms with Crippen molar-refractivity contribution in [2.45, 2.75) is 26.2 Å². The van der Waals surface area contributed by atoms with Gasteiger partial charge < -0.3 is 5.32 Å². The number of aryl methyl sites for hydroxylation is 1. The number of alkyl halides is 3. The summed E-state index contributed by atoms with van der Waals surface area (Å²) in [5.74, 6) is 0.120. The first-order chi connectivity index (χ1) is 9.86. The van der Waals surface area contributed by atoms with Crippen LogP contribution in [0.1, 0.15) is 22.5 Å². The van der Waals surface area contributed by atoms with Gasteiger partial charge in [-0.05, 0) is 30.7 Å². The predicted octanol–water partition coefficient (Wildman–Crippen LogP) is 3.84. The fourth-order valence-electron chi connectivity index (χ4n) is 2.40. The normalized spacial score (nSPS) is 14.3. The van der Waals surface area contributed by atoms with Crippen LogP contribution in [0.3, 0.4) is 0 Å². The molecule has 0 amide bonds. The van der Waals surface area contributed by atoms with E-state index in [0.29, 0.717) is 17.8 Å². The van der Waals surface area contributed by atoms with Gasteiger partial charge in [0.25, 0.3) is 0 Å². The first-order valence-electron chi connectivity index (χ1n) is 6.30. The van der Waals surface area contributed by atoms with Gasteiger partial charge in [0.1, 0.15) is 0 Å². The third-order valence-corrected chi connectivity index (χ3v) is 3.88. The van der Waals surface area contributed by atoms with E-state index < -0.39 is 11.9 Å². The monoisotopic (exact) mass is 357 g/mol. The number of hydrogen-bond acceptors (Lipinski definition) is 3. The highest BCUT2D eigenvalue weighted by Gasteiger charge is 2.38. The van der Waals surface area contributed by atoms with Crippen LogP contribution in [0, 0.1) is 6.92 Å². The molecular weight excluding hydrogens is 347 g/mol. The van der Waals surface area contributed by atoms with Crippen molar-refractivity contribution in [3.63, 3.8) is 0 Å². The van der Waals surface area contributed by atoms with Gasteiger partial charge in [-0.1, -0.05) is 15.9 Å². The lowest BCUT2D eigenvalue weighted by Crippen LogP contribution is -2.14. The molecule has 1 aliphatic heterocycles. The van der Waals surface area contributed by atoms with Gasteiger partial charge in [-0.3, -0.25) is 0 Å². The fraction of sp³-hybridized carbons (Fsp3) is 0.286. The minimum atomic E-state index is -4.48. The van der Waals surface area contributed by atoms with Gasteiger partial charge in [0.15, 0.2) is 11.5 Å². The molecular formula is C14H11BrF3N3. The Kier molecular flexibility index (Phi) is 3.49. The largest absolute Gasteiger partial charge is 0.433 e. The molecule has 110 valence electrons. The number of fused-ring (bicyclic) bond motifs is 1. The molecule has 0 spiro atoms. The van der Waals surface area contributed by atoms with Crippen LogP contribution in [0.15, 0.2) is 22.7 Å². The van der Waals surface area contributed by atoms with Gasteiger partial charge >= 0.3 is 6.18 Å². The van der Waals surface area contributed by atoms with Crippen molar-refractivity contribution in [3.05, 3.63) is 45.2 Å². The molecule has 0 saturated heterocycles. The smallest absolute Gasteiger partial charge is 0.307 e. The molecule has 0 aliphatic carbocycles. The number of nitrogens with one attached hydrogen (secondary N) is 1. The second-order valence-electron chi connectivity index (χ2n) is 4.88. The molecule has 7 heteroatoms. The summed E-state index contributed by atoms with van der Waals surface area (Å²) in [5.41, 5.74) is 1.17. The maximum atomic E-state index is 13.2. The molecule has 1 aromatic heterocycles. The zero-order valence-corrected chi connectivity index (χ0v) is 12.6. The molecule has 0 bridgehead atoms. The maximum absolute atomic E-state index is 13.2. The molecule has 3 nitrogen and oxygen atoms in total. The van der Waals surface area contributed by atoms with E-state index in [-0.39, 0.29) is 17.9 Å². The molecule has 1 aromatic carbocycles. The van der Waals surface area contributed by atoms with E-state index in [4.69, 9.17) is 0 Å². The van der Waals surface area contributed by atoms with Crippen LogP contribution in [-0.2, 0) is 19.3 Å². The Bertz CT molecular complexity index is 713. The predicted molar refractivity (Wildman–Crippen MR) is 75.5 cm³/mol. The lowest BCUT2D eigenvalue weighted by atomic mass is 10.1. The highest BCUT2D eigenvalue weighted by Crippen LogP contribution is 2.35. The van der Waals surface area contributed by atoms with Crippen LogP contribution >= 0.6 is 15.9 Å². The van der Waals surface area contributed by atoms with Crippen LogP contribution in [0.4, 0.5) is 13.2 Å². The molecule has 0 radical (unpaired) electrons. The van der Waals surface area contributed by atoms with Crippen LogP contribution in [0.2, 0.25) is 0 Å². The molecule has 21 heavy (non-hydrogen) atoms. The molecule has 0 unspecified atom stereocenters. The summed E-state index contributed by atoms with van der Waals surface area (Å²) in [7, 11) is 0. The summed E-state index contributed by atoms with van der Waals surface area (Å²) in [6, 6.07) is 5.32. The van der Waals surface area contributed by atoms with Gasteiger partial charge in [-0.15, -0.1) is 0 Å². The van der Waals surface area contributed by atoms with Crippen molar-refractivity contribution in [1.29, 1.82) is 0 Å². The van der Waals surface area contributed by atoms with E-state index in [9.17, 15) is 13.2 Å². The number of halogens is 4. The standard InChI is InChI=1S/C14H11BrF3N3/c1-7-4-8(15)2-3-9(7)13-20-11-6-19-5-10(11)12(21-13)14(16,17)18/h2-4,19H,5-6H2,1H3. The van der Waals surface area contributed by atoms with Crippen molar-refractivity contribution in [3.8, 4) is 11.4 Å². The van der Waals surface area contributed by atoms with E-state index in [1.165, 1.54) is 0 Å². The van der Waals surface area contributed by atoms with Crippen molar-refractivity contribution < 1.29 is 13.2 Å². The van der Waals surface area contributed by atoms with E-state index >= 15 is 0 Å². The van der Waals surface area contributed by atoms with Crippen LogP contribution < -0.4 is 5.32 Å². The van der Waals surface area contributed by atoms with Gasteiger partial charge in [-0.2, -0.15) is 13.2 Å². The quantitative estimate of drug-likeness (QED) is 0.842. The van der Waals surface area contributed by atoms with Crippen LogP contribution in [0.5, 0.6) is 0 Å². The molecule has 0 atom stereocenters. The van der Waals surface area contributed by atoms with Crippen LogP contribution in [0.25, 0.3) is 11.4 Å². The van der Waals surface area contributed by atoms with E-state index in [0.717, 1.165) is 10.0 Å². The zero-order valence-electron chi connectivity index (χ0n) is 11.1. The second kappa shape index (κ2) is 5.06. The number of hydrogen-bond donors (Lipinski definition) is 1. The third kappa shape index (κ3) is 2.67. The summed E-state index contributed by atoms with van der Waals surface area (Å²) in [4.78, 5) is 8.08. The summed E-state index contributed by atoms with van der Waals surface area (Å²) >= 11 is 3.33. The third-order valence-electron chi connectivity index (χ3n) is 3.38. The van der Waals surface area contributed by atoms with Gasteiger partial charge in [0.05, 0.1) is 5.69 Å². The minimum Gasteiger partial charge on any atom is -0.307 e. The average molecular weight is 358 g/mol. The zero-order chi connectivity index (χ0) is 15.2. The highest BCUT2D eigenvalue weighted by atomic mass is 79.9. The Hall–Kier alpha value is -1.47. The van der Waals surface area contributed by atoms with Gasteiger partial charge in [0, 0.05) is 28.7 Å². The Morgan fingerprint density at radius 1 is 1.19 bits per heavy atom. The maximum Gasteiger partial charge on any atom is 0.433 e. The first kappa shape index (κ1) is 14.5. The molecule has 0 fully saturated rings. The molecule has 3 rings (SSSR count). The number of rotatable bonds is 1. The first-order valence-corrected chi connectivity index (χ1v) is 7.10. The average Bonchev–Trinajstić information content (AvgIpc) is 2.84.